The van der Waals surface area contributed by atoms with E-state index in [2.05, 4.69) is 0 Å². The summed E-state index contributed by atoms with van der Waals surface area (Å²) in [4.78, 5) is 20.1. The minimum Gasteiger partial charge on any atom is -0.508 e. The topological polar surface area (TPSA) is 74.6 Å². The summed E-state index contributed by atoms with van der Waals surface area (Å²) in [6, 6.07) is 12.4. The molecule has 0 saturated carbocycles. The van der Waals surface area contributed by atoms with Gasteiger partial charge in [-0.25, -0.2) is 0 Å². The molecule has 0 aliphatic rings. The van der Waals surface area contributed by atoms with Crippen molar-refractivity contribution in [2.24, 2.45) is 0 Å². The van der Waals surface area contributed by atoms with Crippen LogP contribution in [-0.2, 0) is 0 Å². The Morgan fingerprint density at radius 1 is 0.722 bits per heavy atom. The van der Waals surface area contributed by atoms with Crippen molar-refractivity contribution in [3.8, 4) is 11.5 Å². The smallest absolute Gasteiger partial charge is 0.150 e. The van der Waals surface area contributed by atoms with Crippen LogP contribution in [-0.4, -0.2) is 22.8 Å². The van der Waals surface area contributed by atoms with Gasteiger partial charge in [-0.15, -0.1) is 0 Å². The van der Waals surface area contributed by atoms with Gasteiger partial charge >= 0.3 is 0 Å². The van der Waals surface area contributed by atoms with Crippen molar-refractivity contribution in [3.05, 3.63) is 59.7 Å². The van der Waals surface area contributed by atoms with E-state index < -0.39 is 0 Å². The lowest BCUT2D eigenvalue weighted by Gasteiger charge is -1.89. The normalized spacial score (nSPS) is 8.89. The van der Waals surface area contributed by atoms with Crippen molar-refractivity contribution in [1.82, 2.24) is 0 Å². The summed E-state index contributed by atoms with van der Waals surface area (Å²) in [5.74, 6) is 0.249. The Labute approximate surface area is 104 Å². The van der Waals surface area contributed by atoms with Crippen LogP contribution in [0.4, 0.5) is 0 Å². The molecule has 0 saturated heterocycles. The summed E-state index contributed by atoms with van der Waals surface area (Å²) in [5.41, 5.74) is 0.991. The third-order valence-corrected chi connectivity index (χ3v) is 2.01. The summed E-state index contributed by atoms with van der Waals surface area (Å²) in [6.07, 6.45) is 1.39. The summed E-state index contributed by atoms with van der Waals surface area (Å²) < 4.78 is 0. The number of benzene rings is 2. The molecule has 4 nitrogen and oxygen atoms in total. The molecule has 2 aromatic rings. The summed E-state index contributed by atoms with van der Waals surface area (Å²) in [5, 5.41) is 17.6. The first-order chi connectivity index (χ1) is 8.65. The fourth-order valence-corrected chi connectivity index (χ4v) is 1.20. The second kappa shape index (κ2) is 6.85. The first-order valence-electron chi connectivity index (χ1n) is 5.14. The molecule has 2 rings (SSSR count). The van der Waals surface area contributed by atoms with Gasteiger partial charge in [0, 0.05) is 11.1 Å². The number of rotatable bonds is 2. The molecule has 0 aromatic heterocycles. The Kier molecular flexibility index (Phi) is 5.12. The van der Waals surface area contributed by atoms with Crippen LogP contribution in [0.2, 0.25) is 0 Å². The average molecular weight is 244 g/mol. The van der Waals surface area contributed by atoms with E-state index in [1.54, 1.807) is 24.3 Å². The minimum absolute atomic E-state index is 0.125. The molecule has 2 N–H and O–H groups in total. The summed E-state index contributed by atoms with van der Waals surface area (Å²) in [6.45, 7) is 0. The molecular weight excluding hydrogens is 232 g/mol. The highest BCUT2D eigenvalue weighted by molar-refractivity contribution is 5.75. The largest absolute Gasteiger partial charge is 0.508 e. The first kappa shape index (κ1) is 13.4. The fourth-order valence-electron chi connectivity index (χ4n) is 1.20. The predicted molar refractivity (Wildman–Crippen MR) is 67.0 cm³/mol. The summed E-state index contributed by atoms with van der Waals surface area (Å²) >= 11 is 0. The van der Waals surface area contributed by atoms with Crippen LogP contribution < -0.4 is 0 Å². The maximum absolute atomic E-state index is 10.0. The van der Waals surface area contributed by atoms with Gasteiger partial charge in [0.2, 0.25) is 0 Å². The van der Waals surface area contributed by atoms with Crippen LogP contribution in [0, 0.1) is 0 Å². The molecule has 0 radical (unpaired) electrons. The van der Waals surface area contributed by atoms with Crippen LogP contribution in [0.15, 0.2) is 48.5 Å². The molecule has 0 heterocycles. The molecule has 18 heavy (non-hydrogen) atoms. The molecule has 0 bridgehead atoms. The van der Waals surface area contributed by atoms with Crippen molar-refractivity contribution < 1.29 is 19.8 Å². The zero-order valence-electron chi connectivity index (χ0n) is 9.48. The number of hydrogen-bond donors (Lipinski definition) is 2. The number of hydrogen-bond acceptors (Lipinski definition) is 4. The molecule has 4 heteroatoms. The zero-order valence-corrected chi connectivity index (χ0v) is 9.48. The van der Waals surface area contributed by atoms with E-state index in [1.807, 2.05) is 0 Å². The molecular formula is C14H12O4. The maximum Gasteiger partial charge on any atom is 0.150 e. The lowest BCUT2D eigenvalue weighted by molar-refractivity contribution is 0.111. The number of aldehydes is 2. The highest BCUT2D eigenvalue weighted by atomic mass is 16.3. The number of carbonyl (C=O) groups is 2. The molecule has 92 valence electrons. The van der Waals surface area contributed by atoms with Crippen LogP contribution >= 0.6 is 0 Å². The molecule has 0 spiro atoms. The Morgan fingerprint density at radius 2 is 1.11 bits per heavy atom. The molecule has 0 amide bonds. The molecule has 0 atom stereocenters. The van der Waals surface area contributed by atoms with E-state index in [-0.39, 0.29) is 11.5 Å². The van der Waals surface area contributed by atoms with Gasteiger partial charge in [0.15, 0.2) is 0 Å². The Bertz CT molecular complexity index is 485. The van der Waals surface area contributed by atoms with Crippen LogP contribution in [0.1, 0.15) is 20.7 Å². The van der Waals surface area contributed by atoms with Crippen LogP contribution in [0.25, 0.3) is 0 Å². The Morgan fingerprint density at radius 3 is 1.33 bits per heavy atom. The quantitative estimate of drug-likeness (QED) is 0.795. The third kappa shape index (κ3) is 4.49. The van der Waals surface area contributed by atoms with Crippen molar-refractivity contribution in [3.63, 3.8) is 0 Å². The standard InChI is InChI=1S/2C7H6O2/c2*8-5-6-2-1-3-7(9)4-6/h2*1-5,9H. The van der Waals surface area contributed by atoms with Gasteiger partial charge in [-0.3, -0.25) is 9.59 Å². The highest BCUT2D eigenvalue weighted by Gasteiger charge is 1.89. The van der Waals surface area contributed by atoms with Gasteiger partial charge in [0.1, 0.15) is 24.1 Å². The van der Waals surface area contributed by atoms with Crippen molar-refractivity contribution >= 4 is 12.6 Å². The highest BCUT2D eigenvalue weighted by Crippen LogP contribution is 2.08. The number of aromatic hydroxyl groups is 2. The van der Waals surface area contributed by atoms with Gasteiger partial charge in [-0.2, -0.15) is 0 Å². The fraction of sp³-hybridized carbons (Fsp3) is 0. The van der Waals surface area contributed by atoms with E-state index in [0.717, 1.165) is 0 Å². The van der Waals surface area contributed by atoms with Gasteiger partial charge in [0.05, 0.1) is 0 Å². The van der Waals surface area contributed by atoms with Gasteiger partial charge in [-0.1, -0.05) is 24.3 Å². The second-order valence-electron chi connectivity index (χ2n) is 3.43. The monoisotopic (exact) mass is 244 g/mol. The van der Waals surface area contributed by atoms with E-state index in [4.69, 9.17) is 10.2 Å². The van der Waals surface area contributed by atoms with Crippen molar-refractivity contribution in [1.29, 1.82) is 0 Å². The van der Waals surface area contributed by atoms with Gasteiger partial charge in [-0.05, 0) is 24.3 Å². The van der Waals surface area contributed by atoms with Crippen LogP contribution in [0.5, 0.6) is 11.5 Å². The lowest BCUT2D eigenvalue weighted by Crippen LogP contribution is -1.75. The van der Waals surface area contributed by atoms with Crippen molar-refractivity contribution in [2.75, 3.05) is 0 Å². The first-order valence-corrected chi connectivity index (χ1v) is 5.14. The van der Waals surface area contributed by atoms with E-state index in [1.165, 1.54) is 24.3 Å². The third-order valence-electron chi connectivity index (χ3n) is 2.01. The Balaban J connectivity index is 0.000000180. The molecule has 2 aromatic carbocycles. The molecule has 0 unspecified atom stereocenters. The van der Waals surface area contributed by atoms with E-state index in [9.17, 15) is 9.59 Å². The number of phenolic OH excluding ortho intramolecular Hbond substituents is 2. The zero-order chi connectivity index (χ0) is 13.4. The molecule has 0 aliphatic carbocycles. The SMILES string of the molecule is O=Cc1cccc(O)c1.O=Cc1cccc(O)c1. The van der Waals surface area contributed by atoms with Gasteiger partial charge in [0.25, 0.3) is 0 Å². The Hall–Kier alpha value is -2.62. The second-order valence-corrected chi connectivity index (χ2v) is 3.43. The number of carbonyl (C=O) groups excluding carboxylic acids is 2. The number of phenols is 2. The van der Waals surface area contributed by atoms with E-state index >= 15 is 0 Å². The molecule has 0 aliphatic heterocycles. The minimum atomic E-state index is 0.125. The lowest BCUT2D eigenvalue weighted by atomic mass is 10.2. The van der Waals surface area contributed by atoms with Gasteiger partial charge < -0.3 is 10.2 Å². The molecule has 0 fully saturated rings. The predicted octanol–water partition coefficient (Wildman–Crippen LogP) is 2.41. The maximum atomic E-state index is 10.0. The van der Waals surface area contributed by atoms with E-state index in [0.29, 0.717) is 23.7 Å². The average Bonchev–Trinajstić information content (AvgIpc) is 2.39. The van der Waals surface area contributed by atoms with Crippen LogP contribution in [0.3, 0.4) is 0 Å². The van der Waals surface area contributed by atoms with Crippen molar-refractivity contribution in [2.45, 2.75) is 0 Å². The summed E-state index contributed by atoms with van der Waals surface area (Å²) in [7, 11) is 0.